The predicted octanol–water partition coefficient (Wildman–Crippen LogP) is 4.69. The molecule has 0 amide bonds. The topological polar surface area (TPSA) is 35.5 Å². The third-order valence-corrected chi connectivity index (χ3v) is 4.22. The van der Waals surface area contributed by atoms with Gasteiger partial charge >= 0.3 is 7.60 Å². The van der Waals surface area contributed by atoms with Crippen molar-refractivity contribution in [3.8, 4) is 0 Å². The van der Waals surface area contributed by atoms with Gasteiger partial charge in [-0.1, -0.05) is 28.1 Å². The lowest BCUT2D eigenvalue weighted by atomic mass is 10.2. The minimum absolute atomic E-state index is 0.363. The molecule has 0 aliphatic carbocycles. The van der Waals surface area contributed by atoms with Crippen LogP contribution >= 0.6 is 23.5 Å². The van der Waals surface area contributed by atoms with Crippen molar-refractivity contribution in [3.05, 3.63) is 40.1 Å². The Morgan fingerprint density at radius 1 is 1.18 bits per heavy atom. The monoisotopic (exact) mass is 318 g/mol. The van der Waals surface area contributed by atoms with Crippen LogP contribution in [0.15, 0.2) is 34.6 Å². The van der Waals surface area contributed by atoms with Gasteiger partial charge in [0, 0.05) is 10.3 Å². The van der Waals surface area contributed by atoms with E-state index in [9.17, 15) is 4.57 Å². The molecule has 94 valence electrons. The molecule has 5 heteroatoms. The predicted molar refractivity (Wildman–Crippen MR) is 74.0 cm³/mol. The summed E-state index contributed by atoms with van der Waals surface area (Å²) in [5.74, 6) is 1.50. The van der Waals surface area contributed by atoms with E-state index >= 15 is 0 Å². The molecule has 1 rings (SSSR count). The van der Waals surface area contributed by atoms with Crippen LogP contribution in [0.1, 0.15) is 19.4 Å². The fraction of sp³-hybridized carbons (Fsp3) is 0.333. The van der Waals surface area contributed by atoms with Crippen molar-refractivity contribution in [1.82, 2.24) is 0 Å². The lowest BCUT2D eigenvalue weighted by Crippen LogP contribution is -1.92. The Balaban J connectivity index is 2.79. The van der Waals surface area contributed by atoms with Gasteiger partial charge in [0.1, 0.15) is 0 Å². The van der Waals surface area contributed by atoms with Crippen LogP contribution in [0.2, 0.25) is 0 Å². The Labute approximate surface area is 110 Å². The molecule has 1 aromatic rings. The molecular formula is C12H16BrO3P. The van der Waals surface area contributed by atoms with Crippen LogP contribution in [0.4, 0.5) is 0 Å². The van der Waals surface area contributed by atoms with Crippen LogP contribution in [0, 0.1) is 0 Å². The van der Waals surface area contributed by atoms with Gasteiger partial charge < -0.3 is 9.05 Å². The maximum Gasteiger partial charge on any atom is 0.354 e. The number of rotatable bonds is 6. The van der Waals surface area contributed by atoms with Crippen molar-refractivity contribution in [2.45, 2.75) is 13.8 Å². The summed E-state index contributed by atoms with van der Waals surface area (Å²) < 4.78 is 23.4. The van der Waals surface area contributed by atoms with Gasteiger partial charge in [-0.25, -0.2) is 0 Å². The van der Waals surface area contributed by atoms with E-state index in [0.717, 1.165) is 10.0 Å². The normalized spacial score (nSPS) is 12.2. The minimum Gasteiger partial charge on any atom is -0.306 e. The first-order valence-electron chi connectivity index (χ1n) is 5.43. The Bertz CT molecular complexity index is 404. The number of hydrogen-bond donors (Lipinski definition) is 0. The molecule has 0 bridgehead atoms. The molecule has 0 radical (unpaired) electrons. The largest absolute Gasteiger partial charge is 0.354 e. The van der Waals surface area contributed by atoms with Crippen molar-refractivity contribution in [2.24, 2.45) is 0 Å². The molecule has 0 aromatic heterocycles. The smallest absolute Gasteiger partial charge is 0.306 e. The summed E-state index contributed by atoms with van der Waals surface area (Å²) in [4.78, 5) is 0. The van der Waals surface area contributed by atoms with Gasteiger partial charge in [-0.15, -0.1) is 0 Å². The summed E-state index contributed by atoms with van der Waals surface area (Å²) in [5.41, 5.74) is 0.952. The highest BCUT2D eigenvalue weighted by Gasteiger charge is 2.18. The van der Waals surface area contributed by atoms with E-state index in [-0.39, 0.29) is 0 Å². The second-order valence-corrected chi connectivity index (χ2v) is 6.05. The number of hydrogen-bond acceptors (Lipinski definition) is 3. The molecule has 0 aliphatic rings. The fourth-order valence-corrected chi connectivity index (χ4v) is 2.82. The van der Waals surface area contributed by atoms with Crippen LogP contribution in [-0.2, 0) is 13.6 Å². The maximum absolute atomic E-state index is 12.1. The summed E-state index contributed by atoms with van der Waals surface area (Å²) in [6, 6.07) is 7.68. The maximum atomic E-state index is 12.1. The van der Waals surface area contributed by atoms with Crippen molar-refractivity contribution in [2.75, 3.05) is 13.2 Å². The Morgan fingerprint density at radius 2 is 1.71 bits per heavy atom. The first kappa shape index (κ1) is 14.7. The summed E-state index contributed by atoms with van der Waals surface area (Å²) in [5, 5.41) is 0. The zero-order valence-corrected chi connectivity index (χ0v) is 12.4. The third kappa shape index (κ3) is 5.17. The van der Waals surface area contributed by atoms with Crippen LogP contribution in [0.5, 0.6) is 0 Å². The molecule has 0 heterocycles. The highest BCUT2D eigenvalue weighted by Crippen LogP contribution is 2.50. The average molecular weight is 319 g/mol. The van der Waals surface area contributed by atoms with E-state index in [1.165, 1.54) is 5.82 Å². The van der Waals surface area contributed by atoms with Gasteiger partial charge in [0.2, 0.25) is 0 Å². The van der Waals surface area contributed by atoms with Gasteiger partial charge in [0.25, 0.3) is 0 Å². The second-order valence-electron chi connectivity index (χ2n) is 3.24. The minimum atomic E-state index is -3.09. The molecule has 1 aromatic carbocycles. The lowest BCUT2D eigenvalue weighted by molar-refractivity contribution is 0.229. The van der Waals surface area contributed by atoms with Crippen molar-refractivity contribution < 1.29 is 13.6 Å². The molecule has 0 saturated heterocycles. The zero-order valence-electron chi connectivity index (χ0n) is 9.93. The molecule has 0 spiro atoms. The molecule has 0 fully saturated rings. The quantitative estimate of drug-likeness (QED) is 0.714. The SMILES string of the molecule is CCOP(=O)(C=Cc1ccc(Br)cc1)OCC. The molecule has 3 nitrogen and oxygen atoms in total. The molecule has 0 saturated carbocycles. The average Bonchev–Trinajstić information content (AvgIpc) is 2.29. The Hall–Kier alpha value is -0.410. The molecule has 0 aliphatic heterocycles. The first-order chi connectivity index (χ1) is 8.09. The molecular weight excluding hydrogens is 303 g/mol. The van der Waals surface area contributed by atoms with Crippen LogP contribution in [-0.4, -0.2) is 13.2 Å². The van der Waals surface area contributed by atoms with Crippen LogP contribution in [0.3, 0.4) is 0 Å². The van der Waals surface area contributed by atoms with Crippen LogP contribution in [0.25, 0.3) is 6.08 Å². The summed E-state index contributed by atoms with van der Waals surface area (Å²) in [7, 11) is -3.09. The summed E-state index contributed by atoms with van der Waals surface area (Å²) >= 11 is 3.36. The van der Waals surface area contributed by atoms with Crippen LogP contribution < -0.4 is 0 Å². The van der Waals surface area contributed by atoms with Crippen molar-refractivity contribution in [3.63, 3.8) is 0 Å². The van der Waals surface area contributed by atoms with E-state index in [4.69, 9.17) is 9.05 Å². The molecule has 0 atom stereocenters. The molecule has 0 unspecified atom stereocenters. The van der Waals surface area contributed by atoms with Gasteiger partial charge in [0.15, 0.2) is 0 Å². The van der Waals surface area contributed by atoms with Gasteiger partial charge in [-0.05, 0) is 37.6 Å². The first-order valence-corrected chi connectivity index (χ1v) is 7.83. The zero-order chi connectivity index (χ0) is 12.7. The van der Waals surface area contributed by atoms with E-state index in [2.05, 4.69) is 15.9 Å². The summed E-state index contributed by atoms with van der Waals surface area (Å²) in [6.45, 7) is 4.31. The van der Waals surface area contributed by atoms with Crippen molar-refractivity contribution in [1.29, 1.82) is 0 Å². The Morgan fingerprint density at radius 3 is 2.18 bits per heavy atom. The van der Waals surface area contributed by atoms with Gasteiger partial charge in [0.05, 0.1) is 13.2 Å². The van der Waals surface area contributed by atoms with Gasteiger partial charge in [-0.2, -0.15) is 0 Å². The second kappa shape index (κ2) is 7.12. The summed E-state index contributed by atoms with van der Waals surface area (Å²) in [6.07, 6.45) is 1.75. The Kier molecular flexibility index (Phi) is 6.14. The van der Waals surface area contributed by atoms with E-state index in [0.29, 0.717) is 13.2 Å². The lowest BCUT2D eigenvalue weighted by Gasteiger charge is -2.12. The molecule has 0 N–H and O–H groups in total. The standard InChI is InChI=1S/C12H16BrO3P/c1-3-15-17(14,16-4-2)10-9-11-5-7-12(13)8-6-11/h5-10H,3-4H2,1-2H3. The number of halogens is 1. The van der Waals surface area contributed by atoms with E-state index in [1.807, 2.05) is 24.3 Å². The molecule has 17 heavy (non-hydrogen) atoms. The third-order valence-electron chi connectivity index (χ3n) is 1.94. The highest BCUT2D eigenvalue weighted by atomic mass is 79.9. The van der Waals surface area contributed by atoms with Crippen molar-refractivity contribution >= 4 is 29.6 Å². The van der Waals surface area contributed by atoms with Gasteiger partial charge in [-0.3, -0.25) is 4.57 Å². The van der Waals surface area contributed by atoms with E-state index in [1.54, 1.807) is 19.9 Å². The fourth-order valence-electron chi connectivity index (χ4n) is 1.23. The number of benzene rings is 1. The van der Waals surface area contributed by atoms with E-state index < -0.39 is 7.60 Å². The highest BCUT2D eigenvalue weighted by molar-refractivity contribution is 9.10.